The Hall–Kier alpha value is -1.33. The molecule has 0 bridgehead atoms. The van der Waals surface area contributed by atoms with Gasteiger partial charge in [-0.2, -0.15) is 0 Å². The number of furan rings is 1. The lowest BCUT2D eigenvalue weighted by molar-refractivity contribution is 0.0926. The van der Waals surface area contributed by atoms with Gasteiger partial charge in [-0.25, -0.2) is 0 Å². The molecule has 1 aliphatic heterocycles. The average Bonchev–Trinajstić information content (AvgIpc) is 2.94. The molecule has 0 radical (unpaired) electrons. The van der Waals surface area contributed by atoms with E-state index in [0.717, 1.165) is 29.8 Å². The number of halogens is 1. The fourth-order valence-electron chi connectivity index (χ4n) is 2.15. The highest BCUT2D eigenvalue weighted by Gasteiger charge is 2.22. The summed E-state index contributed by atoms with van der Waals surface area (Å²) in [7, 11) is 0. The molecule has 2 aromatic heterocycles. The fraction of sp³-hybridized carbons (Fsp3) is 0.250. The molecule has 2 aromatic rings. The molecule has 4 nitrogen and oxygen atoms in total. The van der Waals surface area contributed by atoms with Gasteiger partial charge < -0.3 is 9.73 Å². The van der Waals surface area contributed by atoms with E-state index in [1.165, 1.54) is 11.8 Å². The van der Waals surface area contributed by atoms with Crippen molar-refractivity contribution < 1.29 is 9.21 Å². The molecule has 0 saturated heterocycles. The van der Waals surface area contributed by atoms with E-state index in [-0.39, 0.29) is 5.91 Å². The van der Waals surface area contributed by atoms with Crippen LogP contribution in [0.3, 0.4) is 0 Å². The molecule has 0 saturated carbocycles. The van der Waals surface area contributed by atoms with Crippen LogP contribution in [0.25, 0.3) is 0 Å². The zero-order valence-electron chi connectivity index (χ0n) is 9.07. The van der Waals surface area contributed by atoms with Crippen LogP contribution in [0.5, 0.6) is 0 Å². The molecule has 3 heterocycles. The Morgan fingerprint density at radius 2 is 2.41 bits per heavy atom. The molecule has 1 N–H and O–H groups in total. The molecule has 0 aromatic carbocycles. The minimum atomic E-state index is -0.120. The summed E-state index contributed by atoms with van der Waals surface area (Å²) in [6, 6.07) is 5.39. The van der Waals surface area contributed by atoms with Gasteiger partial charge in [0.05, 0.1) is 10.9 Å². The van der Waals surface area contributed by atoms with E-state index in [9.17, 15) is 4.79 Å². The van der Waals surface area contributed by atoms with Crippen molar-refractivity contribution in [3.8, 4) is 0 Å². The smallest absolute Gasteiger partial charge is 0.298 e. The lowest BCUT2D eigenvalue weighted by Crippen LogP contribution is -2.26. The molecule has 5 heteroatoms. The number of fused-ring (bicyclic) bond motifs is 1. The van der Waals surface area contributed by atoms with Crippen LogP contribution in [0, 0.1) is 0 Å². The maximum absolute atomic E-state index is 12.3. The summed E-state index contributed by atoms with van der Waals surface area (Å²) in [5, 5.41) is 3.29. The Bertz CT molecular complexity index is 557. The van der Waals surface area contributed by atoms with Crippen molar-refractivity contribution in [2.24, 2.45) is 0 Å². The third kappa shape index (κ3) is 1.75. The van der Waals surface area contributed by atoms with Crippen LogP contribution >= 0.6 is 15.9 Å². The first-order chi connectivity index (χ1) is 8.27. The highest BCUT2D eigenvalue weighted by Crippen LogP contribution is 2.25. The predicted molar refractivity (Wildman–Crippen MR) is 66.0 cm³/mol. The molecule has 1 aliphatic rings. The Labute approximate surface area is 107 Å². The first-order valence-corrected chi connectivity index (χ1v) is 6.24. The molecule has 0 aliphatic carbocycles. The highest BCUT2D eigenvalue weighted by molar-refractivity contribution is 9.10. The van der Waals surface area contributed by atoms with Crippen molar-refractivity contribution >= 4 is 21.8 Å². The summed E-state index contributed by atoms with van der Waals surface area (Å²) >= 11 is 3.44. The lowest BCUT2D eigenvalue weighted by atomic mass is 10.1. The second kappa shape index (κ2) is 4.16. The summed E-state index contributed by atoms with van der Waals surface area (Å²) in [4.78, 5) is 12.3. The normalized spacial score (nSPS) is 14.6. The van der Waals surface area contributed by atoms with E-state index in [2.05, 4.69) is 21.2 Å². The van der Waals surface area contributed by atoms with E-state index in [1.54, 1.807) is 16.7 Å². The van der Waals surface area contributed by atoms with Gasteiger partial charge in [-0.05, 0) is 39.7 Å². The molecule has 0 atom stereocenters. The van der Waals surface area contributed by atoms with E-state index in [0.29, 0.717) is 5.76 Å². The fourth-order valence-corrected chi connectivity index (χ4v) is 2.80. The Morgan fingerprint density at radius 1 is 1.53 bits per heavy atom. The number of carbonyl (C=O) groups excluding carboxylic acids is 1. The standard InChI is InChI=1S/C12H11BrN2O2/c13-11-6-8-7-14-4-3-9(8)15(11)12(16)10-2-1-5-17-10/h1-2,5-6,14H,3-4,7H2. The molecule has 3 rings (SSSR count). The number of nitrogens with zero attached hydrogens (tertiary/aromatic N) is 1. The molecule has 88 valence electrons. The SMILES string of the molecule is O=C(c1ccco1)n1c(Br)cc2c1CCNC2. The topological polar surface area (TPSA) is 47.2 Å². The third-order valence-corrected chi connectivity index (χ3v) is 3.52. The molecule has 0 spiro atoms. The summed E-state index contributed by atoms with van der Waals surface area (Å²) in [5.41, 5.74) is 2.24. The quantitative estimate of drug-likeness (QED) is 0.877. The van der Waals surface area contributed by atoms with Gasteiger partial charge in [0.15, 0.2) is 5.76 Å². The van der Waals surface area contributed by atoms with Crippen molar-refractivity contribution in [1.82, 2.24) is 9.88 Å². The Balaban J connectivity index is 2.08. The van der Waals surface area contributed by atoms with E-state index in [4.69, 9.17) is 4.42 Å². The average molecular weight is 295 g/mol. The summed E-state index contributed by atoms with van der Waals surface area (Å²) in [6.07, 6.45) is 2.37. The van der Waals surface area contributed by atoms with Gasteiger partial charge in [0.25, 0.3) is 5.91 Å². The summed E-state index contributed by atoms with van der Waals surface area (Å²) < 4.78 is 7.63. The van der Waals surface area contributed by atoms with Crippen molar-refractivity contribution in [2.45, 2.75) is 13.0 Å². The van der Waals surface area contributed by atoms with Gasteiger partial charge in [-0.3, -0.25) is 9.36 Å². The van der Waals surface area contributed by atoms with Crippen LogP contribution in [-0.2, 0) is 13.0 Å². The van der Waals surface area contributed by atoms with Gasteiger partial charge in [-0.1, -0.05) is 0 Å². The highest BCUT2D eigenvalue weighted by atomic mass is 79.9. The number of hydrogen-bond donors (Lipinski definition) is 1. The zero-order chi connectivity index (χ0) is 11.8. The monoisotopic (exact) mass is 294 g/mol. The first-order valence-electron chi connectivity index (χ1n) is 5.45. The second-order valence-corrected chi connectivity index (χ2v) is 4.80. The molecule has 0 fully saturated rings. The number of rotatable bonds is 1. The largest absolute Gasteiger partial charge is 0.459 e. The summed E-state index contributed by atoms with van der Waals surface area (Å²) in [6.45, 7) is 1.71. The lowest BCUT2D eigenvalue weighted by Gasteiger charge is -2.15. The van der Waals surface area contributed by atoms with Crippen molar-refractivity contribution in [3.63, 3.8) is 0 Å². The van der Waals surface area contributed by atoms with E-state index >= 15 is 0 Å². The first kappa shape index (κ1) is 10.8. The number of carbonyl (C=O) groups is 1. The molecular weight excluding hydrogens is 284 g/mol. The van der Waals surface area contributed by atoms with Gasteiger partial charge in [0.1, 0.15) is 0 Å². The molecule has 17 heavy (non-hydrogen) atoms. The number of nitrogens with one attached hydrogen (secondary N) is 1. The number of aromatic nitrogens is 1. The van der Waals surface area contributed by atoms with Gasteiger partial charge in [-0.15, -0.1) is 0 Å². The van der Waals surface area contributed by atoms with Crippen LogP contribution in [-0.4, -0.2) is 17.0 Å². The predicted octanol–water partition coefficient (Wildman–Crippen LogP) is 2.18. The molecular formula is C12H11BrN2O2. The molecule has 0 unspecified atom stereocenters. The van der Waals surface area contributed by atoms with Crippen LogP contribution in [0.1, 0.15) is 21.8 Å². The van der Waals surface area contributed by atoms with Crippen molar-refractivity contribution in [1.29, 1.82) is 0 Å². The van der Waals surface area contributed by atoms with E-state index in [1.807, 2.05) is 6.07 Å². The third-order valence-electron chi connectivity index (χ3n) is 2.94. The maximum atomic E-state index is 12.3. The summed E-state index contributed by atoms with van der Waals surface area (Å²) in [5.74, 6) is 0.243. The van der Waals surface area contributed by atoms with E-state index < -0.39 is 0 Å². The number of hydrogen-bond acceptors (Lipinski definition) is 3. The molecule has 0 amide bonds. The van der Waals surface area contributed by atoms with Gasteiger partial charge >= 0.3 is 0 Å². The Kier molecular flexibility index (Phi) is 2.64. The van der Waals surface area contributed by atoms with Crippen molar-refractivity contribution in [3.05, 3.63) is 46.1 Å². The second-order valence-electron chi connectivity index (χ2n) is 3.98. The van der Waals surface area contributed by atoms with Crippen molar-refractivity contribution in [2.75, 3.05) is 6.54 Å². The van der Waals surface area contributed by atoms with Crippen LogP contribution in [0.2, 0.25) is 0 Å². The van der Waals surface area contributed by atoms with Gasteiger partial charge in [0.2, 0.25) is 0 Å². The maximum Gasteiger partial charge on any atom is 0.298 e. The Morgan fingerprint density at radius 3 is 3.18 bits per heavy atom. The van der Waals surface area contributed by atoms with Crippen LogP contribution in [0.4, 0.5) is 0 Å². The van der Waals surface area contributed by atoms with Crippen LogP contribution in [0.15, 0.2) is 33.5 Å². The van der Waals surface area contributed by atoms with Crippen LogP contribution < -0.4 is 5.32 Å². The van der Waals surface area contributed by atoms with Gasteiger partial charge in [0, 0.05) is 25.2 Å². The minimum Gasteiger partial charge on any atom is -0.459 e. The zero-order valence-corrected chi connectivity index (χ0v) is 10.7. The minimum absolute atomic E-state index is 0.120.